The fraction of sp³-hybridized carbons (Fsp3) is 0.647. The average molecular weight is 337 g/mol. The van der Waals surface area contributed by atoms with E-state index in [1.54, 1.807) is 0 Å². The smallest absolute Gasteiger partial charge is 0.0402 e. The van der Waals surface area contributed by atoms with Gasteiger partial charge in [0.15, 0.2) is 0 Å². The maximum Gasteiger partial charge on any atom is 0.0402 e. The Kier molecular flexibility index (Phi) is 4.37. The number of benzene rings is 1. The normalized spacial score (nSPS) is 19.9. The summed E-state index contributed by atoms with van der Waals surface area (Å²) in [7, 11) is 0. The van der Waals surface area contributed by atoms with Crippen molar-refractivity contribution in [3.8, 4) is 0 Å². The summed E-state index contributed by atoms with van der Waals surface area (Å²) in [4.78, 5) is 2.67. The third-order valence-corrected chi connectivity index (χ3v) is 4.99. The highest BCUT2D eigenvalue weighted by Crippen LogP contribution is 2.39. The molecule has 2 fully saturated rings. The predicted molar refractivity (Wildman–Crippen MR) is 89.2 cm³/mol. The molecular weight excluding hydrogens is 312 g/mol. The number of rotatable bonds is 7. The van der Waals surface area contributed by atoms with Gasteiger partial charge in [-0.3, -0.25) is 0 Å². The number of nitrogens with two attached hydrogens (primary N) is 1. The highest BCUT2D eigenvalue weighted by Gasteiger charge is 2.34. The van der Waals surface area contributed by atoms with Gasteiger partial charge in [0.25, 0.3) is 0 Å². The van der Waals surface area contributed by atoms with Crippen LogP contribution in [0.1, 0.15) is 44.6 Å². The number of hydrogen-bond donors (Lipinski definition) is 1. The molecule has 0 bridgehead atoms. The second kappa shape index (κ2) is 6.07. The standard InChI is InChI=1S/C17H25BrN2/c1-2-15(19)10-13-9-14(18)5-8-17(13)20(16-6-7-16)11-12-3-4-12/h5,8-9,12,15-16H,2-4,6-7,10-11,19H2,1H3. The molecule has 2 N–H and O–H groups in total. The summed E-state index contributed by atoms with van der Waals surface area (Å²) >= 11 is 3.61. The SMILES string of the molecule is CCC(N)Cc1cc(Br)ccc1N(CC1CC1)C1CC1. The van der Waals surface area contributed by atoms with Crippen LogP contribution in [0.4, 0.5) is 5.69 Å². The number of anilines is 1. The minimum Gasteiger partial charge on any atom is -0.368 e. The summed E-state index contributed by atoms with van der Waals surface area (Å²) in [6.45, 7) is 3.42. The van der Waals surface area contributed by atoms with Crippen molar-refractivity contribution in [3.63, 3.8) is 0 Å². The summed E-state index contributed by atoms with van der Waals surface area (Å²) in [6.07, 6.45) is 7.59. The minimum atomic E-state index is 0.269. The van der Waals surface area contributed by atoms with E-state index in [0.29, 0.717) is 0 Å². The Labute approximate surface area is 130 Å². The van der Waals surface area contributed by atoms with Crippen LogP contribution in [0.15, 0.2) is 22.7 Å². The van der Waals surface area contributed by atoms with Crippen LogP contribution < -0.4 is 10.6 Å². The lowest BCUT2D eigenvalue weighted by Gasteiger charge is -2.28. The van der Waals surface area contributed by atoms with Crippen molar-refractivity contribution in [2.24, 2.45) is 11.7 Å². The Hall–Kier alpha value is -0.540. The van der Waals surface area contributed by atoms with Gasteiger partial charge in [-0.1, -0.05) is 22.9 Å². The molecular formula is C17H25BrN2. The van der Waals surface area contributed by atoms with Crippen LogP contribution in [0.2, 0.25) is 0 Å². The van der Waals surface area contributed by atoms with E-state index in [0.717, 1.165) is 24.8 Å². The molecule has 0 aliphatic heterocycles. The monoisotopic (exact) mass is 336 g/mol. The molecule has 3 rings (SSSR count). The first-order valence-electron chi connectivity index (χ1n) is 7.98. The Morgan fingerprint density at radius 3 is 2.65 bits per heavy atom. The molecule has 1 aromatic rings. The lowest BCUT2D eigenvalue weighted by molar-refractivity contribution is 0.640. The van der Waals surface area contributed by atoms with Crippen LogP contribution in [-0.4, -0.2) is 18.6 Å². The third kappa shape index (κ3) is 3.56. The van der Waals surface area contributed by atoms with E-state index in [1.165, 1.54) is 48.0 Å². The van der Waals surface area contributed by atoms with Crippen molar-refractivity contribution in [1.29, 1.82) is 0 Å². The van der Waals surface area contributed by atoms with Crippen LogP contribution in [-0.2, 0) is 6.42 Å². The average Bonchev–Trinajstić information content (AvgIpc) is 3.29. The Bertz CT molecular complexity index is 466. The molecule has 0 saturated heterocycles. The molecule has 2 aliphatic rings. The molecule has 20 heavy (non-hydrogen) atoms. The molecule has 2 saturated carbocycles. The van der Waals surface area contributed by atoms with Gasteiger partial charge in [-0.15, -0.1) is 0 Å². The van der Waals surface area contributed by atoms with Gasteiger partial charge in [-0.25, -0.2) is 0 Å². The largest absolute Gasteiger partial charge is 0.368 e. The molecule has 0 amide bonds. The third-order valence-electron chi connectivity index (χ3n) is 4.50. The van der Waals surface area contributed by atoms with Crippen molar-refractivity contribution < 1.29 is 0 Å². The molecule has 1 aromatic carbocycles. The van der Waals surface area contributed by atoms with E-state index in [9.17, 15) is 0 Å². The molecule has 1 unspecified atom stereocenters. The minimum absolute atomic E-state index is 0.269. The van der Waals surface area contributed by atoms with Gasteiger partial charge in [-0.2, -0.15) is 0 Å². The molecule has 3 heteroatoms. The molecule has 2 aliphatic carbocycles. The Balaban J connectivity index is 1.84. The van der Waals surface area contributed by atoms with Gasteiger partial charge < -0.3 is 10.6 Å². The number of halogens is 1. The van der Waals surface area contributed by atoms with E-state index < -0.39 is 0 Å². The van der Waals surface area contributed by atoms with Crippen molar-refractivity contribution in [3.05, 3.63) is 28.2 Å². The van der Waals surface area contributed by atoms with Gasteiger partial charge in [0, 0.05) is 28.8 Å². The number of nitrogens with zero attached hydrogens (tertiary/aromatic N) is 1. The topological polar surface area (TPSA) is 29.3 Å². The Morgan fingerprint density at radius 2 is 2.05 bits per heavy atom. The first-order valence-corrected chi connectivity index (χ1v) is 8.77. The van der Waals surface area contributed by atoms with Crippen molar-refractivity contribution in [2.75, 3.05) is 11.4 Å². The molecule has 0 heterocycles. The number of hydrogen-bond acceptors (Lipinski definition) is 2. The zero-order valence-corrected chi connectivity index (χ0v) is 13.9. The Morgan fingerprint density at radius 1 is 1.30 bits per heavy atom. The van der Waals surface area contributed by atoms with Crippen LogP contribution in [0, 0.1) is 5.92 Å². The van der Waals surface area contributed by atoms with Gasteiger partial charge in [0.2, 0.25) is 0 Å². The second-order valence-electron chi connectivity index (χ2n) is 6.47. The summed E-state index contributed by atoms with van der Waals surface area (Å²) in [5.41, 5.74) is 9.05. The van der Waals surface area contributed by atoms with Crippen LogP contribution in [0.3, 0.4) is 0 Å². The highest BCUT2D eigenvalue weighted by molar-refractivity contribution is 9.10. The zero-order valence-electron chi connectivity index (χ0n) is 12.3. The van der Waals surface area contributed by atoms with Crippen LogP contribution in [0.5, 0.6) is 0 Å². The van der Waals surface area contributed by atoms with Crippen LogP contribution >= 0.6 is 15.9 Å². The fourth-order valence-electron chi connectivity index (χ4n) is 2.83. The highest BCUT2D eigenvalue weighted by atomic mass is 79.9. The lowest BCUT2D eigenvalue weighted by atomic mass is 10.0. The van der Waals surface area contributed by atoms with E-state index in [4.69, 9.17) is 5.73 Å². The quantitative estimate of drug-likeness (QED) is 0.811. The molecule has 0 radical (unpaired) electrons. The maximum absolute atomic E-state index is 6.20. The first-order chi connectivity index (χ1) is 9.67. The summed E-state index contributed by atoms with van der Waals surface area (Å²) in [5, 5.41) is 0. The van der Waals surface area contributed by atoms with Crippen molar-refractivity contribution >= 4 is 21.6 Å². The molecule has 2 nitrogen and oxygen atoms in total. The molecule has 0 aromatic heterocycles. The molecule has 0 spiro atoms. The van der Waals surface area contributed by atoms with Gasteiger partial charge in [-0.05, 0) is 68.2 Å². The maximum atomic E-state index is 6.20. The lowest BCUT2D eigenvalue weighted by Crippen LogP contribution is -2.30. The van der Waals surface area contributed by atoms with E-state index in [1.807, 2.05) is 0 Å². The summed E-state index contributed by atoms with van der Waals surface area (Å²) < 4.78 is 1.17. The van der Waals surface area contributed by atoms with Gasteiger partial charge >= 0.3 is 0 Å². The van der Waals surface area contributed by atoms with Gasteiger partial charge in [0.05, 0.1) is 0 Å². The first kappa shape index (κ1) is 14.4. The summed E-state index contributed by atoms with van der Waals surface area (Å²) in [5.74, 6) is 0.937. The van der Waals surface area contributed by atoms with Crippen LogP contribution in [0.25, 0.3) is 0 Å². The van der Waals surface area contributed by atoms with E-state index >= 15 is 0 Å². The fourth-order valence-corrected chi connectivity index (χ4v) is 3.24. The molecule has 1 atom stereocenters. The second-order valence-corrected chi connectivity index (χ2v) is 7.39. The van der Waals surface area contributed by atoms with Crippen molar-refractivity contribution in [2.45, 2.75) is 57.5 Å². The van der Waals surface area contributed by atoms with Gasteiger partial charge in [0.1, 0.15) is 0 Å². The van der Waals surface area contributed by atoms with Crippen molar-refractivity contribution in [1.82, 2.24) is 0 Å². The predicted octanol–water partition coefficient (Wildman–Crippen LogP) is 4.11. The summed E-state index contributed by atoms with van der Waals surface area (Å²) in [6, 6.07) is 7.80. The zero-order chi connectivity index (χ0) is 14.1. The van der Waals surface area contributed by atoms with E-state index in [2.05, 4.69) is 46.0 Å². The molecule has 110 valence electrons. The van der Waals surface area contributed by atoms with E-state index in [-0.39, 0.29) is 6.04 Å².